The maximum Gasteiger partial charge on any atom is 0.151 e. The highest BCUT2D eigenvalue weighted by molar-refractivity contribution is 14.0. The predicted octanol–water partition coefficient (Wildman–Crippen LogP) is 1.56. The van der Waals surface area contributed by atoms with Crippen molar-refractivity contribution < 1.29 is 10.2 Å². The molecule has 0 bridgehead atoms. The van der Waals surface area contributed by atoms with Gasteiger partial charge in [-0.15, -0.1) is 71.9 Å². The zero-order valence-corrected chi connectivity index (χ0v) is 11.4. The van der Waals surface area contributed by atoms with Gasteiger partial charge in [0, 0.05) is 0 Å². The molecular formula is C3H11I3O2. The normalized spacial score (nSPS) is 6.00. The van der Waals surface area contributed by atoms with Gasteiger partial charge in [0.2, 0.25) is 0 Å². The molecule has 0 saturated carbocycles. The molecule has 0 saturated heterocycles. The second-order valence-corrected chi connectivity index (χ2v) is 0.889. The first kappa shape index (κ1) is 22.5. The zero-order chi connectivity index (χ0) is 4.28. The lowest BCUT2D eigenvalue weighted by molar-refractivity contribution is -0.0413. The Labute approximate surface area is 100 Å². The zero-order valence-electron chi connectivity index (χ0n) is 4.40. The summed E-state index contributed by atoms with van der Waals surface area (Å²) in [6.45, 7) is 1.70. The van der Waals surface area contributed by atoms with Crippen LogP contribution in [0.15, 0.2) is 0 Å². The molecule has 8 heavy (non-hydrogen) atoms. The van der Waals surface area contributed by atoms with E-state index >= 15 is 0 Å². The Balaban J connectivity index is -0.0000000267. The maximum atomic E-state index is 7.92. The van der Waals surface area contributed by atoms with Gasteiger partial charge in [-0.25, -0.2) is 0 Å². The lowest BCUT2D eigenvalue weighted by atomic mass is 10.5. The monoisotopic (exact) mass is 460 g/mol. The quantitative estimate of drug-likeness (QED) is 0.461. The first-order valence-electron chi connectivity index (χ1n) is 1.63. The van der Waals surface area contributed by atoms with E-state index in [9.17, 15) is 0 Å². The van der Waals surface area contributed by atoms with E-state index in [4.69, 9.17) is 10.2 Å². The van der Waals surface area contributed by atoms with Crippen LogP contribution in [0.1, 0.15) is 13.3 Å². The van der Waals surface area contributed by atoms with Gasteiger partial charge in [0.15, 0.2) is 6.29 Å². The van der Waals surface area contributed by atoms with Crippen molar-refractivity contribution in [1.29, 1.82) is 0 Å². The first-order chi connectivity index (χ1) is 2.27. The van der Waals surface area contributed by atoms with Crippen molar-refractivity contribution >= 4 is 71.9 Å². The van der Waals surface area contributed by atoms with Gasteiger partial charge in [0.1, 0.15) is 0 Å². The SMILES string of the molecule is CCC(O)O.I.I.I. The topological polar surface area (TPSA) is 40.5 Å². The average molecular weight is 460 g/mol. The summed E-state index contributed by atoms with van der Waals surface area (Å²) in [5.74, 6) is 0. The van der Waals surface area contributed by atoms with E-state index in [0.29, 0.717) is 6.42 Å². The molecule has 0 aromatic heterocycles. The fourth-order valence-corrected chi connectivity index (χ4v) is 0. The van der Waals surface area contributed by atoms with E-state index in [0.717, 1.165) is 0 Å². The molecule has 0 spiro atoms. The van der Waals surface area contributed by atoms with Crippen LogP contribution in [0.5, 0.6) is 0 Å². The Morgan fingerprint density at radius 1 is 1.12 bits per heavy atom. The highest BCUT2D eigenvalue weighted by atomic mass is 127. The van der Waals surface area contributed by atoms with Crippen molar-refractivity contribution in [3.8, 4) is 0 Å². The lowest BCUT2D eigenvalue weighted by Gasteiger charge is -1.90. The average Bonchev–Trinajstić information content (AvgIpc) is 1.38. The molecule has 0 aromatic carbocycles. The van der Waals surface area contributed by atoms with Gasteiger partial charge < -0.3 is 10.2 Å². The fraction of sp³-hybridized carbons (Fsp3) is 1.00. The van der Waals surface area contributed by atoms with E-state index in [1.54, 1.807) is 6.92 Å². The van der Waals surface area contributed by atoms with Gasteiger partial charge in [0.25, 0.3) is 0 Å². The molecule has 0 aliphatic carbocycles. The Bertz CT molecular complexity index is 26.5. The molecular weight excluding hydrogens is 449 g/mol. The summed E-state index contributed by atoms with van der Waals surface area (Å²) in [4.78, 5) is 0. The van der Waals surface area contributed by atoms with Crippen molar-refractivity contribution in [3.05, 3.63) is 0 Å². The minimum atomic E-state index is -1.12. The third-order valence-electron chi connectivity index (χ3n) is 0.365. The van der Waals surface area contributed by atoms with Gasteiger partial charge in [0.05, 0.1) is 0 Å². The van der Waals surface area contributed by atoms with E-state index in [1.165, 1.54) is 0 Å². The van der Waals surface area contributed by atoms with Crippen molar-refractivity contribution in [1.82, 2.24) is 0 Å². The number of halogens is 3. The van der Waals surface area contributed by atoms with E-state index in [1.807, 2.05) is 0 Å². The molecule has 0 aliphatic rings. The van der Waals surface area contributed by atoms with E-state index in [2.05, 4.69) is 0 Å². The molecule has 0 radical (unpaired) electrons. The number of hydrogen-bond acceptors (Lipinski definition) is 2. The van der Waals surface area contributed by atoms with Crippen molar-refractivity contribution in [2.45, 2.75) is 19.6 Å². The predicted molar refractivity (Wildman–Crippen MR) is 64.8 cm³/mol. The standard InChI is InChI=1S/C3H8O2.3HI/c1-2-3(4)5;;;/h3-5H,2H2,1H3;3*1H. The molecule has 0 fully saturated rings. The summed E-state index contributed by atoms with van der Waals surface area (Å²) in [5, 5.41) is 15.8. The molecule has 0 amide bonds. The van der Waals surface area contributed by atoms with Crippen molar-refractivity contribution in [3.63, 3.8) is 0 Å². The van der Waals surface area contributed by atoms with Gasteiger partial charge in [-0.1, -0.05) is 6.92 Å². The Hall–Kier alpha value is 2.11. The largest absolute Gasteiger partial charge is 0.368 e. The molecule has 2 N–H and O–H groups in total. The van der Waals surface area contributed by atoms with Crippen LogP contribution in [0.3, 0.4) is 0 Å². The molecule has 0 heterocycles. The van der Waals surface area contributed by atoms with Crippen LogP contribution in [0, 0.1) is 0 Å². The van der Waals surface area contributed by atoms with Gasteiger partial charge in [-0.05, 0) is 6.42 Å². The number of hydrogen-bond donors (Lipinski definition) is 2. The molecule has 56 valence electrons. The van der Waals surface area contributed by atoms with Crippen LogP contribution in [0.2, 0.25) is 0 Å². The minimum absolute atomic E-state index is 0. The fourth-order valence-electron chi connectivity index (χ4n) is 0. The molecule has 0 rings (SSSR count). The molecule has 0 unspecified atom stereocenters. The third kappa shape index (κ3) is 24.3. The highest BCUT2D eigenvalue weighted by Gasteiger charge is 1.83. The highest BCUT2D eigenvalue weighted by Crippen LogP contribution is 1.77. The van der Waals surface area contributed by atoms with Crippen LogP contribution in [-0.4, -0.2) is 16.5 Å². The van der Waals surface area contributed by atoms with Crippen LogP contribution in [0.4, 0.5) is 0 Å². The summed E-state index contributed by atoms with van der Waals surface area (Å²) in [6.07, 6.45) is -0.699. The van der Waals surface area contributed by atoms with Crippen LogP contribution < -0.4 is 0 Å². The lowest BCUT2D eigenvalue weighted by Crippen LogP contribution is -1.99. The third-order valence-corrected chi connectivity index (χ3v) is 0.365. The van der Waals surface area contributed by atoms with Crippen LogP contribution in [-0.2, 0) is 0 Å². The number of rotatable bonds is 1. The summed E-state index contributed by atoms with van der Waals surface area (Å²) in [5.41, 5.74) is 0. The van der Waals surface area contributed by atoms with E-state index < -0.39 is 6.29 Å². The number of aliphatic hydroxyl groups is 2. The molecule has 0 atom stereocenters. The second-order valence-electron chi connectivity index (χ2n) is 0.889. The molecule has 0 aromatic rings. The smallest absolute Gasteiger partial charge is 0.151 e. The maximum absolute atomic E-state index is 7.92. The second kappa shape index (κ2) is 16.1. The van der Waals surface area contributed by atoms with Crippen LogP contribution >= 0.6 is 71.9 Å². The summed E-state index contributed by atoms with van der Waals surface area (Å²) < 4.78 is 0. The Morgan fingerprint density at radius 2 is 1.25 bits per heavy atom. The molecule has 5 heteroatoms. The van der Waals surface area contributed by atoms with Crippen molar-refractivity contribution in [2.75, 3.05) is 0 Å². The van der Waals surface area contributed by atoms with Gasteiger partial charge >= 0.3 is 0 Å². The van der Waals surface area contributed by atoms with Crippen molar-refractivity contribution in [2.24, 2.45) is 0 Å². The van der Waals surface area contributed by atoms with E-state index in [-0.39, 0.29) is 71.9 Å². The van der Waals surface area contributed by atoms with Gasteiger partial charge in [-0.3, -0.25) is 0 Å². The summed E-state index contributed by atoms with van der Waals surface area (Å²) in [7, 11) is 0. The Morgan fingerprint density at radius 3 is 1.25 bits per heavy atom. The van der Waals surface area contributed by atoms with Gasteiger partial charge in [-0.2, -0.15) is 0 Å². The number of aliphatic hydroxyl groups excluding tert-OH is 1. The minimum Gasteiger partial charge on any atom is -0.368 e. The summed E-state index contributed by atoms with van der Waals surface area (Å²) >= 11 is 0. The first-order valence-corrected chi connectivity index (χ1v) is 1.63. The molecule has 2 nitrogen and oxygen atoms in total. The molecule has 0 aliphatic heterocycles. The summed E-state index contributed by atoms with van der Waals surface area (Å²) in [6, 6.07) is 0. The Kier molecular flexibility index (Phi) is 45.1. The van der Waals surface area contributed by atoms with Crippen LogP contribution in [0.25, 0.3) is 0 Å².